The molecule has 0 saturated heterocycles. The quantitative estimate of drug-likeness (QED) is 0.148. The lowest BCUT2D eigenvalue weighted by molar-refractivity contribution is 0.109. The molecule has 0 radical (unpaired) electrons. The van der Waals surface area contributed by atoms with Gasteiger partial charge in [-0.1, -0.05) is 89.5 Å². The van der Waals surface area contributed by atoms with E-state index >= 15 is 0 Å². The third kappa shape index (κ3) is 15.5. The minimum atomic E-state index is 0.652. The van der Waals surface area contributed by atoms with Crippen LogP contribution in [0.2, 0.25) is 0 Å². The number of hydrogen-bond donors (Lipinski definition) is 0. The van der Waals surface area contributed by atoms with Crippen molar-refractivity contribution in [3.8, 4) is 0 Å². The lowest BCUT2D eigenvalue weighted by Crippen LogP contribution is -2.06. The lowest BCUT2D eigenvalue weighted by Gasteiger charge is -2.08. The molecule has 0 atom stereocenters. The van der Waals surface area contributed by atoms with E-state index in [0.717, 1.165) is 31.8 Å². The first-order chi connectivity index (χ1) is 14.9. The van der Waals surface area contributed by atoms with Gasteiger partial charge in [-0.25, -0.2) is 4.98 Å². The number of ether oxygens (including phenoxy) is 1. The van der Waals surface area contributed by atoms with Gasteiger partial charge in [-0.05, 0) is 44.9 Å². The van der Waals surface area contributed by atoms with Crippen LogP contribution in [0.15, 0.2) is 36.7 Å². The van der Waals surface area contributed by atoms with E-state index in [4.69, 9.17) is 4.74 Å². The Morgan fingerprint density at radius 1 is 0.767 bits per heavy atom. The summed E-state index contributed by atoms with van der Waals surface area (Å²) >= 11 is 0. The van der Waals surface area contributed by atoms with Crippen LogP contribution in [-0.2, 0) is 17.9 Å². The molecule has 0 aliphatic rings. The Hall–Kier alpha value is -1.35. The predicted molar refractivity (Wildman–Crippen MR) is 131 cm³/mol. The normalized spacial score (nSPS) is 11.9. The highest BCUT2D eigenvalue weighted by Gasteiger charge is 2.02. The topological polar surface area (TPSA) is 27.1 Å². The molecule has 1 rings (SSSR count). The van der Waals surface area contributed by atoms with Gasteiger partial charge in [0.25, 0.3) is 0 Å². The van der Waals surface area contributed by atoms with Crippen molar-refractivity contribution < 1.29 is 4.74 Å². The SMILES string of the molecule is CCCCC/C=C\C/C=C\CCCCCCCCn1ccnc1COCCCCC. The number of imidazole rings is 1. The van der Waals surface area contributed by atoms with Crippen molar-refractivity contribution in [3.63, 3.8) is 0 Å². The summed E-state index contributed by atoms with van der Waals surface area (Å²) in [6.07, 6.45) is 32.5. The molecule has 0 N–H and O–H groups in total. The summed E-state index contributed by atoms with van der Waals surface area (Å²) in [6.45, 7) is 7.06. The second kappa shape index (κ2) is 20.9. The standard InChI is InChI=1S/C27H48N2O/c1-3-5-7-8-9-10-11-12-13-14-15-16-17-18-19-20-23-29-24-22-28-27(29)26-30-25-21-6-4-2/h9-10,12-13,22,24H,3-8,11,14-21,23,25-26H2,1-2H3/b10-9-,13-12-. The Bertz CT molecular complexity index is 533. The highest BCUT2D eigenvalue weighted by atomic mass is 16.5. The first-order valence-electron chi connectivity index (χ1n) is 12.8. The van der Waals surface area contributed by atoms with Crippen LogP contribution in [0, 0.1) is 0 Å². The van der Waals surface area contributed by atoms with Crippen LogP contribution in [0.5, 0.6) is 0 Å². The van der Waals surface area contributed by atoms with Gasteiger partial charge in [0, 0.05) is 25.5 Å². The Labute approximate surface area is 187 Å². The fourth-order valence-corrected chi connectivity index (χ4v) is 3.57. The van der Waals surface area contributed by atoms with Gasteiger partial charge in [0.05, 0.1) is 0 Å². The van der Waals surface area contributed by atoms with E-state index in [-0.39, 0.29) is 0 Å². The van der Waals surface area contributed by atoms with Gasteiger partial charge >= 0.3 is 0 Å². The van der Waals surface area contributed by atoms with Crippen molar-refractivity contribution in [1.29, 1.82) is 0 Å². The first-order valence-corrected chi connectivity index (χ1v) is 12.8. The highest BCUT2D eigenvalue weighted by Crippen LogP contribution is 2.10. The Morgan fingerprint density at radius 2 is 1.40 bits per heavy atom. The smallest absolute Gasteiger partial charge is 0.134 e. The molecule has 0 unspecified atom stereocenters. The molecule has 0 spiro atoms. The summed E-state index contributed by atoms with van der Waals surface area (Å²) in [5.74, 6) is 1.08. The third-order valence-electron chi connectivity index (χ3n) is 5.52. The van der Waals surface area contributed by atoms with E-state index in [1.54, 1.807) is 0 Å². The molecule has 0 saturated carbocycles. The van der Waals surface area contributed by atoms with Crippen LogP contribution in [0.25, 0.3) is 0 Å². The summed E-state index contributed by atoms with van der Waals surface area (Å²) in [5, 5.41) is 0. The molecular weight excluding hydrogens is 368 g/mol. The lowest BCUT2D eigenvalue weighted by atomic mass is 10.1. The van der Waals surface area contributed by atoms with Crippen LogP contribution < -0.4 is 0 Å². The molecule has 0 fully saturated rings. The molecular formula is C27H48N2O. The monoisotopic (exact) mass is 416 g/mol. The maximum absolute atomic E-state index is 5.76. The van der Waals surface area contributed by atoms with E-state index in [1.165, 1.54) is 83.5 Å². The van der Waals surface area contributed by atoms with Crippen molar-refractivity contribution in [2.75, 3.05) is 6.61 Å². The fourth-order valence-electron chi connectivity index (χ4n) is 3.57. The summed E-state index contributed by atoms with van der Waals surface area (Å²) < 4.78 is 8.03. The van der Waals surface area contributed by atoms with Crippen LogP contribution in [0.4, 0.5) is 0 Å². The second-order valence-electron chi connectivity index (χ2n) is 8.38. The number of aromatic nitrogens is 2. The summed E-state index contributed by atoms with van der Waals surface area (Å²) in [4.78, 5) is 4.45. The van der Waals surface area contributed by atoms with Crippen LogP contribution >= 0.6 is 0 Å². The molecule has 0 amide bonds. The maximum Gasteiger partial charge on any atom is 0.134 e. The van der Waals surface area contributed by atoms with E-state index in [0.29, 0.717) is 6.61 Å². The van der Waals surface area contributed by atoms with E-state index in [9.17, 15) is 0 Å². The summed E-state index contributed by atoms with van der Waals surface area (Å²) in [6, 6.07) is 0. The zero-order valence-corrected chi connectivity index (χ0v) is 20.0. The minimum absolute atomic E-state index is 0.652. The molecule has 0 aromatic carbocycles. The number of hydrogen-bond acceptors (Lipinski definition) is 2. The Balaban J connectivity index is 1.92. The van der Waals surface area contributed by atoms with E-state index < -0.39 is 0 Å². The largest absolute Gasteiger partial charge is 0.374 e. The van der Waals surface area contributed by atoms with Crippen molar-refractivity contribution in [3.05, 3.63) is 42.5 Å². The number of aryl methyl sites for hydroxylation is 1. The van der Waals surface area contributed by atoms with Gasteiger partial charge in [-0.15, -0.1) is 0 Å². The van der Waals surface area contributed by atoms with Crippen molar-refractivity contribution >= 4 is 0 Å². The van der Waals surface area contributed by atoms with Crippen LogP contribution in [0.1, 0.15) is 116 Å². The van der Waals surface area contributed by atoms with E-state index in [1.807, 2.05) is 6.20 Å². The van der Waals surface area contributed by atoms with Crippen molar-refractivity contribution in [1.82, 2.24) is 9.55 Å². The highest BCUT2D eigenvalue weighted by molar-refractivity contribution is 4.92. The van der Waals surface area contributed by atoms with Crippen LogP contribution in [-0.4, -0.2) is 16.2 Å². The van der Waals surface area contributed by atoms with Gasteiger partial charge in [-0.2, -0.15) is 0 Å². The number of rotatable bonds is 21. The molecule has 3 nitrogen and oxygen atoms in total. The molecule has 0 bridgehead atoms. The molecule has 1 aromatic rings. The average molecular weight is 417 g/mol. The molecule has 172 valence electrons. The van der Waals surface area contributed by atoms with Gasteiger partial charge in [-0.3, -0.25) is 0 Å². The first kappa shape index (κ1) is 26.7. The van der Waals surface area contributed by atoms with E-state index in [2.05, 4.69) is 53.9 Å². The molecule has 1 aromatic heterocycles. The van der Waals surface area contributed by atoms with Gasteiger partial charge < -0.3 is 9.30 Å². The third-order valence-corrected chi connectivity index (χ3v) is 5.52. The minimum Gasteiger partial charge on any atom is -0.374 e. The summed E-state index contributed by atoms with van der Waals surface area (Å²) in [7, 11) is 0. The number of nitrogens with zero attached hydrogens (tertiary/aromatic N) is 2. The van der Waals surface area contributed by atoms with Crippen LogP contribution in [0.3, 0.4) is 0 Å². The maximum atomic E-state index is 5.76. The zero-order valence-electron chi connectivity index (χ0n) is 20.0. The summed E-state index contributed by atoms with van der Waals surface area (Å²) in [5.41, 5.74) is 0. The average Bonchev–Trinajstić information content (AvgIpc) is 3.20. The molecule has 3 heteroatoms. The predicted octanol–water partition coefficient (Wildman–Crippen LogP) is 8.40. The van der Waals surface area contributed by atoms with Gasteiger partial charge in [0.2, 0.25) is 0 Å². The molecule has 1 heterocycles. The number of allylic oxidation sites excluding steroid dienone is 4. The van der Waals surface area contributed by atoms with Gasteiger partial charge in [0.1, 0.15) is 12.4 Å². The fraction of sp³-hybridized carbons (Fsp3) is 0.741. The molecule has 30 heavy (non-hydrogen) atoms. The van der Waals surface area contributed by atoms with Crippen molar-refractivity contribution in [2.24, 2.45) is 0 Å². The molecule has 0 aliphatic heterocycles. The number of unbranched alkanes of at least 4 members (excludes halogenated alkanes) is 11. The van der Waals surface area contributed by atoms with Gasteiger partial charge in [0.15, 0.2) is 0 Å². The second-order valence-corrected chi connectivity index (χ2v) is 8.38. The Kier molecular flexibility index (Phi) is 18.6. The molecule has 0 aliphatic carbocycles. The Morgan fingerprint density at radius 3 is 2.13 bits per heavy atom. The zero-order chi connectivity index (χ0) is 21.5. The van der Waals surface area contributed by atoms with Crippen molar-refractivity contribution in [2.45, 2.75) is 123 Å².